The normalized spacial score (nSPS) is 11.4. The Hall–Kier alpha value is -4.07. The molecule has 141 valence electrons. The van der Waals surface area contributed by atoms with Crippen molar-refractivity contribution in [1.82, 2.24) is 29.1 Å². The minimum Gasteiger partial charge on any atom is -0.368 e. The topological polar surface area (TPSA) is 105 Å². The summed E-state index contributed by atoms with van der Waals surface area (Å²) in [4.78, 5) is 30.1. The fourth-order valence-corrected chi connectivity index (χ4v) is 3.46. The van der Waals surface area contributed by atoms with Gasteiger partial charge in [0.2, 0.25) is 5.95 Å². The number of benzene rings is 1. The van der Waals surface area contributed by atoms with Crippen molar-refractivity contribution in [2.45, 2.75) is 0 Å². The second-order valence-corrected chi connectivity index (χ2v) is 6.76. The fourth-order valence-electron chi connectivity index (χ4n) is 3.46. The number of rotatable bonds is 2. The van der Waals surface area contributed by atoms with E-state index in [9.17, 15) is 4.79 Å². The van der Waals surface area contributed by atoms with Crippen LogP contribution in [0.25, 0.3) is 38.9 Å². The maximum absolute atomic E-state index is 13.1. The van der Waals surface area contributed by atoms with Gasteiger partial charge < -0.3 is 5.73 Å². The van der Waals surface area contributed by atoms with Gasteiger partial charge in [-0.2, -0.15) is 0 Å². The van der Waals surface area contributed by atoms with E-state index in [0.29, 0.717) is 11.2 Å². The maximum atomic E-state index is 13.1. The summed E-state index contributed by atoms with van der Waals surface area (Å²) in [6.07, 6.45) is 6.61. The summed E-state index contributed by atoms with van der Waals surface area (Å²) in [6, 6.07) is 9.43. The standard InChI is InChI=1S/C21H16N7O/c1-12-4-3-5-14(6-12)28-19-15-7-16(13-8-25-20(22)26-9-13)23-10-17(15)24-11-18(19)27(2)21(28)29/h3-11H,1H2,2H3,(H2,22,25,26). The summed E-state index contributed by atoms with van der Waals surface area (Å²) in [6.45, 7) is 3.98. The van der Waals surface area contributed by atoms with E-state index in [2.05, 4.69) is 26.9 Å². The highest BCUT2D eigenvalue weighted by molar-refractivity contribution is 6.04. The SMILES string of the molecule is [CH2]c1cccc(-n2c(=O)n(C)c3cnc4cnc(-c5cnc(N)nc5)cc4c32)c1. The Morgan fingerprint density at radius 3 is 2.55 bits per heavy atom. The van der Waals surface area contributed by atoms with E-state index < -0.39 is 0 Å². The zero-order valence-corrected chi connectivity index (χ0v) is 15.6. The molecule has 1 aromatic carbocycles. The number of aryl methyl sites for hydroxylation is 1. The van der Waals surface area contributed by atoms with Gasteiger partial charge in [0, 0.05) is 30.4 Å². The van der Waals surface area contributed by atoms with Crippen LogP contribution in [-0.2, 0) is 7.05 Å². The molecule has 0 aliphatic carbocycles. The number of imidazole rings is 1. The van der Waals surface area contributed by atoms with Crippen LogP contribution < -0.4 is 11.4 Å². The van der Waals surface area contributed by atoms with Crippen molar-refractivity contribution in [2.75, 3.05) is 5.73 Å². The van der Waals surface area contributed by atoms with Gasteiger partial charge in [-0.1, -0.05) is 12.1 Å². The lowest BCUT2D eigenvalue weighted by Gasteiger charge is -2.08. The van der Waals surface area contributed by atoms with Gasteiger partial charge >= 0.3 is 5.69 Å². The third-order valence-corrected chi connectivity index (χ3v) is 4.91. The van der Waals surface area contributed by atoms with Gasteiger partial charge in [0.25, 0.3) is 0 Å². The molecule has 2 N–H and O–H groups in total. The molecular formula is C21H16N7O. The number of hydrogen-bond donors (Lipinski definition) is 1. The molecule has 4 aromatic heterocycles. The minimum absolute atomic E-state index is 0.158. The zero-order chi connectivity index (χ0) is 20.1. The molecule has 29 heavy (non-hydrogen) atoms. The summed E-state index contributed by atoms with van der Waals surface area (Å²) in [7, 11) is 1.73. The predicted octanol–water partition coefficient (Wildman–Crippen LogP) is 2.49. The first-order valence-electron chi connectivity index (χ1n) is 8.89. The number of fused-ring (bicyclic) bond motifs is 3. The second-order valence-electron chi connectivity index (χ2n) is 6.76. The molecular weight excluding hydrogens is 366 g/mol. The molecule has 8 nitrogen and oxygen atoms in total. The van der Waals surface area contributed by atoms with Crippen LogP contribution in [0, 0.1) is 6.92 Å². The highest BCUT2D eigenvalue weighted by Gasteiger charge is 2.17. The van der Waals surface area contributed by atoms with Crippen LogP contribution in [0.2, 0.25) is 0 Å². The Bertz CT molecular complexity index is 1450. The largest absolute Gasteiger partial charge is 0.368 e. The van der Waals surface area contributed by atoms with Crippen LogP contribution in [0.1, 0.15) is 5.56 Å². The van der Waals surface area contributed by atoms with Crippen LogP contribution in [0.3, 0.4) is 0 Å². The fraction of sp³-hybridized carbons (Fsp3) is 0.0476. The number of nitrogens with two attached hydrogens (primary N) is 1. The van der Waals surface area contributed by atoms with Crippen LogP contribution >= 0.6 is 0 Å². The summed E-state index contributed by atoms with van der Waals surface area (Å²) < 4.78 is 3.27. The number of hydrogen-bond acceptors (Lipinski definition) is 6. The molecule has 0 saturated heterocycles. The van der Waals surface area contributed by atoms with Crippen LogP contribution in [0.15, 0.2) is 59.9 Å². The molecule has 0 unspecified atom stereocenters. The van der Waals surface area contributed by atoms with Crippen molar-refractivity contribution < 1.29 is 0 Å². The molecule has 0 spiro atoms. The van der Waals surface area contributed by atoms with Crippen molar-refractivity contribution >= 4 is 27.9 Å². The molecule has 0 aliphatic rings. The van der Waals surface area contributed by atoms with Gasteiger partial charge in [0.1, 0.15) is 0 Å². The molecule has 1 radical (unpaired) electrons. The number of nitrogens with zero attached hydrogens (tertiary/aromatic N) is 6. The van der Waals surface area contributed by atoms with E-state index in [1.54, 1.807) is 41.0 Å². The molecule has 0 fully saturated rings. The number of nitrogen functional groups attached to an aromatic ring is 1. The van der Waals surface area contributed by atoms with Gasteiger partial charge in [-0.05, 0) is 30.7 Å². The Kier molecular flexibility index (Phi) is 3.67. The van der Waals surface area contributed by atoms with E-state index in [0.717, 1.165) is 33.2 Å². The van der Waals surface area contributed by atoms with Crippen molar-refractivity contribution in [3.8, 4) is 16.9 Å². The van der Waals surface area contributed by atoms with E-state index in [1.165, 1.54) is 0 Å². The molecule has 0 atom stereocenters. The van der Waals surface area contributed by atoms with Crippen molar-refractivity contribution in [1.29, 1.82) is 0 Å². The molecule has 8 heteroatoms. The summed E-state index contributed by atoms with van der Waals surface area (Å²) in [5.74, 6) is 0.198. The Labute approximate surface area is 165 Å². The first-order valence-corrected chi connectivity index (χ1v) is 8.89. The Morgan fingerprint density at radius 2 is 1.79 bits per heavy atom. The van der Waals surface area contributed by atoms with Crippen molar-refractivity contribution in [3.05, 3.63) is 78.1 Å². The van der Waals surface area contributed by atoms with Crippen molar-refractivity contribution in [2.24, 2.45) is 7.05 Å². The molecule has 0 saturated carbocycles. The quantitative estimate of drug-likeness (QED) is 0.503. The lowest BCUT2D eigenvalue weighted by atomic mass is 10.1. The molecule has 5 rings (SSSR count). The maximum Gasteiger partial charge on any atom is 0.333 e. The number of aromatic nitrogens is 6. The lowest BCUT2D eigenvalue weighted by molar-refractivity contribution is 0.845. The Morgan fingerprint density at radius 1 is 1.00 bits per heavy atom. The zero-order valence-electron chi connectivity index (χ0n) is 15.6. The van der Waals surface area contributed by atoms with Crippen LogP contribution in [0.5, 0.6) is 0 Å². The summed E-state index contributed by atoms with van der Waals surface area (Å²) >= 11 is 0. The smallest absolute Gasteiger partial charge is 0.333 e. The summed E-state index contributed by atoms with van der Waals surface area (Å²) in [5.41, 5.74) is 10.6. The monoisotopic (exact) mass is 382 g/mol. The van der Waals surface area contributed by atoms with E-state index in [1.807, 2.05) is 30.3 Å². The van der Waals surface area contributed by atoms with Crippen LogP contribution in [-0.4, -0.2) is 29.1 Å². The van der Waals surface area contributed by atoms with Gasteiger partial charge in [0.15, 0.2) is 0 Å². The average Bonchev–Trinajstić information content (AvgIpc) is 2.99. The van der Waals surface area contributed by atoms with Crippen LogP contribution in [0.4, 0.5) is 5.95 Å². The third kappa shape index (κ3) is 2.65. The van der Waals surface area contributed by atoms with E-state index >= 15 is 0 Å². The van der Waals surface area contributed by atoms with Gasteiger partial charge in [-0.25, -0.2) is 14.8 Å². The van der Waals surface area contributed by atoms with Gasteiger partial charge in [-0.3, -0.25) is 19.1 Å². The Balaban J connectivity index is 1.88. The highest BCUT2D eigenvalue weighted by atomic mass is 16.1. The number of anilines is 1. The lowest BCUT2D eigenvalue weighted by Crippen LogP contribution is -2.20. The summed E-state index contributed by atoms with van der Waals surface area (Å²) in [5, 5.41) is 0.802. The van der Waals surface area contributed by atoms with Gasteiger partial charge in [0.05, 0.1) is 40.3 Å². The third-order valence-electron chi connectivity index (χ3n) is 4.91. The first-order chi connectivity index (χ1) is 14.0. The first kappa shape index (κ1) is 17.1. The highest BCUT2D eigenvalue weighted by Crippen LogP contribution is 2.28. The average molecular weight is 382 g/mol. The molecule has 0 aliphatic heterocycles. The molecule has 0 amide bonds. The number of pyridine rings is 2. The molecule has 0 bridgehead atoms. The van der Waals surface area contributed by atoms with E-state index in [-0.39, 0.29) is 11.6 Å². The minimum atomic E-state index is -0.158. The second kappa shape index (κ2) is 6.23. The molecule has 4 heterocycles. The molecule has 5 aromatic rings. The van der Waals surface area contributed by atoms with E-state index in [4.69, 9.17) is 5.73 Å². The van der Waals surface area contributed by atoms with Gasteiger partial charge in [-0.15, -0.1) is 0 Å². The van der Waals surface area contributed by atoms with Crippen molar-refractivity contribution in [3.63, 3.8) is 0 Å². The predicted molar refractivity (Wildman–Crippen MR) is 112 cm³/mol.